The van der Waals surface area contributed by atoms with Crippen LogP contribution < -0.4 is 4.74 Å². The van der Waals surface area contributed by atoms with Crippen molar-refractivity contribution in [1.82, 2.24) is 0 Å². The molecule has 0 aliphatic carbocycles. The molecule has 1 aromatic rings. The molecule has 12 heavy (non-hydrogen) atoms. The molecule has 4 heteroatoms. The number of hydrogen-bond acceptors (Lipinski definition) is 1. The van der Waals surface area contributed by atoms with E-state index in [0.717, 1.165) is 8.95 Å². The van der Waals surface area contributed by atoms with Gasteiger partial charge in [-0.3, -0.25) is 0 Å². The highest BCUT2D eigenvalue weighted by Gasteiger charge is 2.04. The minimum absolute atomic E-state index is 0.0706. The molecule has 0 heterocycles. The van der Waals surface area contributed by atoms with E-state index in [4.69, 9.17) is 4.74 Å². The number of benzene rings is 1. The van der Waals surface area contributed by atoms with E-state index in [-0.39, 0.29) is 6.61 Å². The van der Waals surface area contributed by atoms with Crippen LogP contribution in [0.2, 0.25) is 0 Å². The average molecular weight is 297 g/mol. The normalized spacial score (nSPS) is 9.92. The van der Waals surface area contributed by atoms with Gasteiger partial charge in [0.1, 0.15) is 19.0 Å². The van der Waals surface area contributed by atoms with Gasteiger partial charge in [-0.1, -0.05) is 0 Å². The molecule has 0 saturated heterocycles. The SMILES string of the molecule is FCCOc1c(Br)c[c]cc1Br. The van der Waals surface area contributed by atoms with E-state index in [1.807, 2.05) is 0 Å². The van der Waals surface area contributed by atoms with Crippen LogP contribution in [-0.2, 0) is 0 Å². The van der Waals surface area contributed by atoms with Crippen LogP contribution >= 0.6 is 31.9 Å². The molecule has 0 aromatic heterocycles. The van der Waals surface area contributed by atoms with E-state index < -0.39 is 6.67 Å². The Hall–Kier alpha value is -0.0900. The highest BCUT2D eigenvalue weighted by Crippen LogP contribution is 2.32. The van der Waals surface area contributed by atoms with Crippen molar-refractivity contribution in [3.05, 3.63) is 27.1 Å². The third-order valence-corrected chi connectivity index (χ3v) is 2.36. The Bertz CT molecular complexity index is 245. The van der Waals surface area contributed by atoms with Crippen LogP contribution in [0, 0.1) is 6.07 Å². The van der Waals surface area contributed by atoms with Crippen LogP contribution in [0.4, 0.5) is 4.39 Å². The third-order valence-electron chi connectivity index (χ3n) is 1.18. The summed E-state index contributed by atoms with van der Waals surface area (Å²) in [7, 11) is 0. The Kier molecular flexibility index (Phi) is 4.01. The Morgan fingerprint density at radius 2 is 1.92 bits per heavy atom. The molecule has 1 nitrogen and oxygen atoms in total. The van der Waals surface area contributed by atoms with Crippen molar-refractivity contribution in [1.29, 1.82) is 0 Å². The van der Waals surface area contributed by atoms with Gasteiger partial charge in [-0.05, 0) is 50.1 Å². The second kappa shape index (κ2) is 4.82. The third kappa shape index (κ3) is 2.45. The summed E-state index contributed by atoms with van der Waals surface area (Å²) in [5, 5.41) is 0. The Labute approximate surface area is 87.2 Å². The second-order valence-corrected chi connectivity index (χ2v) is 3.73. The monoisotopic (exact) mass is 295 g/mol. The Morgan fingerprint density at radius 3 is 2.42 bits per heavy atom. The molecule has 0 amide bonds. The van der Waals surface area contributed by atoms with Crippen molar-refractivity contribution in [3.63, 3.8) is 0 Å². The first-order valence-electron chi connectivity index (χ1n) is 3.29. The van der Waals surface area contributed by atoms with Gasteiger partial charge in [0.2, 0.25) is 0 Å². The number of rotatable bonds is 3. The molecule has 1 rings (SSSR count). The van der Waals surface area contributed by atoms with Crippen molar-refractivity contribution in [2.45, 2.75) is 0 Å². The molecule has 0 unspecified atom stereocenters. The fourth-order valence-electron chi connectivity index (χ4n) is 0.712. The lowest BCUT2D eigenvalue weighted by molar-refractivity contribution is 0.270. The van der Waals surface area contributed by atoms with Gasteiger partial charge in [0, 0.05) is 0 Å². The average Bonchev–Trinajstić information content (AvgIpc) is 2.04. The smallest absolute Gasteiger partial charge is 0.147 e. The molecule has 1 aromatic carbocycles. The van der Waals surface area contributed by atoms with Crippen molar-refractivity contribution in [3.8, 4) is 5.75 Å². The summed E-state index contributed by atoms with van der Waals surface area (Å²) in [6.45, 7) is -0.418. The first kappa shape index (κ1) is 9.99. The number of halogens is 3. The maximum atomic E-state index is 11.8. The minimum Gasteiger partial charge on any atom is -0.488 e. The molecule has 0 spiro atoms. The van der Waals surface area contributed by atoms with Crippen LogP contribution in [0.1, 0.15) is 0 Å². The molecule has 0 bridgehead atoms. The van der Waals surface area contributed by atoms with E-state index in [1.54, 1.807) is 12.1 Å². The summed E-state index contributed by atoms with van der Waals surface area (Å²) in [6.07, 6.45) is 0. The number of alkyl halides is 1. The van der Waals surface area contributed by atoms with Crippen LogP contribution in [0.15, 0.2) is 21.1 Å². The summed E-state index contributed by atoms with van der Waals surface area (Å²) in [4.78, 5) is 0. The molecule has 0 N–H and O–H groups in total. The van der Waals surface area contributed by atoms with Crippen molar-refractivity contribution >= 4 is 31.9 Å². The summed E-state index contributed by atoms with van der Waals surface area (Å²) in [6, 6.07) is 6.32. The lowest BCUT2D eigenvalue weighted by Crippen LogP contribution is -1.99. The van der Waals surface area contributed by atoms with Gasteiger partial charge in [0.05, 0.1) is 8.95 Å². The Morgan fingerprint density at radius 1 is 1.33 bits per heavy atom. The van der Waals surface area contributed by atoms with Crippen LogP contribution in [-0.4, -0.2) is 13.3 Å². The first-order chi connectivity index (χ1) is 5.75. The van der Waals surface area contributed by atoms with Gasteiger partial charge >= 0.3 is 0 Å². The van der Waals surface area contributed by atoms with Gasteiger partial charge in [-0.2, -0.15) is 0 Å². The zero-order chi connectivity index (χ0) is 8.97. The van der Waals surface area contributed by atoms with Crippen LogP contribution in [0.3, 0.4) is 0 Å². The molecule has 0 aliphatic heterocycles. The number of hydrogen-bond donors (Lipinski definition) is 0. The van der Waals surface area contributed by atoms with Gasteiger partial charge in [-0.15, -0.1) is 0 Å². The van der Waals surface area contributed by atoms with E-state index in [1.165, 1.54) is 0 Å². The highest BCUT2D eigenvalue weighted by molar-refractivity contribution is 9.11. The topological polar surface area (TPSA) is 9.23 Å². The first-order valence-corrected chi connectivity index (χ1v) is 4.88. The zero-order valence-corrected chi connectivity index (χ0v) is 9.28. The Balaban J connectivity index is 2.81. The second-order valence-electron chi connectivity index (χ2n) is 2.02. The molecular weight excluding hydrogens is 291 g/mol. The standard InChI is InChI=1S/C8H6Br2FO/c9-6-2-1-3-7(10)8(6)12-5-4-11/h2-3H,4-5H2. The lowest BCUT2D eigenvalue weighted by Gasteiger charge is -2.07. The van der Waals surface area contributed by atoms with Crippen LogP contribution in [0.25, 0.3) is 0 Å². The molecule has 0 saturated carbocycles. The van der Waals surface area contributed by atoms with Gasteiger partial charge in [0.15, 0.2) is 0 Å². The minimum atomic E-state index is -0.489. The molecule has 1 radical (unpaired) electrons. The van der Waals surface area contributed by atoms with E-state index >= 15 is 0 Å². The fraction of sp³-hybridized carbons (Fsp3) is 0.250. The highest BCUT2D eigenvalue weighted by atomic mass is 79.9. The molecule has 65 valence electrons. The molecule has 0 atom stereocenters. The molecule has 0 aliphatic rings. The van der Waals surface area contributed by atoms with Gasteiger partial charge in [-0.25, -0.2) is 4.39 Å². The largest absolute Gasteiger partial charge is 0.488 e. The summed E-state index contributed by atoms with van der Waals surface area (Å²) < 4.78 is 18.4. The molecule has 0 fully saturated rings. The van der Waals surface area contributed by atoms with Crippen LogP contribution in [0.5, 0.6) is 5.75 Å². The predicted octanol–water partition coefficient (Wildman–Crippen LogP) is 3.36. The lowest BCUT2D eigenvalue weighted by atomic mass is 10.3. The van der Waals surface area contributed by atoms with Gasteiger partial charge in [0.25, 0.3) is 0 Å². The fourth-order valence-corrected chi connectivity index (χ4v) is 1.90. The van der Waals surface area contributed by atoms with E-state index in [2.05, 4.69) is 37.9 Å². The van der Waals surface area contributed by atoms with E-state index in [9.17, 15) is 4.39 Å². The molecular formula is C8H6Br2FO. The van der Waals surface area contributed by atoms with E-state index in [0.29, 0.717) is 5.75 Å². The van der Waals surface area contributed by atoms with Crippen molar-refractivity contribution < 1.29 is 9.13 Å². The number of ether oxygens (including phenoxy) is 1. The quantitative estimate of drug-likeness (QED) is 0.831. The van der Waals surface area contributed by atoms with Crippen molar-refractivity contribution in [2.75, 3.05) is 13.3 Å². The van der Waals surface area contributed by atoms with Crippen molar-refractivity contribution in [2.24, 2.45) is 0 Å². The maximum Gasteiger partial charge on any atom is 0.147 e. The summed E-state index contributed by atoms with van der Waals surface area (Å²) in [5.41, 5.74) is 0. The summed E-state index contributed by atoms with van der Waals surface area (Å²) >= 11 is 6.54. The maximum absolute atomic E-state index is 11.8. The summed E-state index contributed by atoms with van der Waals surface area (Å²) in [5.74, 6) is 0.617. The van der Waals surface area contributed by atoms with Gasteiger partial charge < -0.3 is 4.74 Å². The predicted molar refractivity (Wildman–Crippen MR) is 52.1 cm³/mol. The zero-order valence-electron chi connectivity index (χ0n) is 6.11.